The van der Waals surface area contributed by atoms with Crippen molar-refractivity contribution in [3.63, 3.8) is 0 Å². The van der Waals surface area contributed by atoms with Gasteiger partial charge in [0, 0.05) is 26.4 Å². The summed E-state index contributed by atoms with van der Waals surface area (Å²) in [5.74, 6) is 0. The summed E-state index contributed by atoms with van der Waals surface area (Å²) in [5, 5.41) is 0. The Morgan fingerprint density at radius 2 is 1.48 bits per heavy atom. The highest BCUT2D eigenvalue weighted by atomic mass is 15.2. The van der Waals surface area contributed by atoms with Crippen molar-refractivity contribution in [3.05, 3.63) is 83.4 Å². The number of benzene rings is 3. The Balaban J connectivity index is 2.06. The van der Waals surface area contributed by atoms with Gasteiger partial charge in [0.1, 0.15) is 0 Å². The normalized spacial score (nSPS) is 16.7. The molecule has 0 bridgehead atoms. The first-order valence-electron chi connectivity index (χ1n) is 11.1. The Morgan fingerprint density at radius 1 is 0.815 bits per heavy atom. The molecule has 0 aliphatic heterocycles. The molecule has 0 fully saturated rings. The van der Waals surface area contributed by atoms with Crippen LogP contribution in [0.3, 0.4) is 0 Å². The van der Waals surface area contributed by atoms with Gasteiger partial charge in [-0.2, -0.15) is 0 Å². The van der Waals surface area contributed by atoms with Gasteiger partial charge in [0.15, 0.2) is 0 Å². The van der Waals surface area contributed by atoms with Crippen molar-refractivity contribution in [2.75, 3.05) is 4.90 Å². The van der Waals surface area contributed by atoms with E-state index in [-0.39, 0.29) is 11.0 Å². The van der Waals surface area contributed by atoms with E-state index in [1.54, 1.807) is 0 Å². The summed E-state index contributed by atoms with van der Waals surface area (Å²) in [6, 6.07) is 22.5. The lowest BCUT2D eigenvalue weighted by Crippen LogP contribution is -2.38. The lowest BCUT2D eigenvalue weighted by Gasteiger charge is -2.39. The minimum Gasteiger partial charge on any atom is -0.336 e. The largest absolute Gasteiger partial charge is 0.336 e. The zero-order valence-electron chi connectivity index (χ0n) is 19.8. The maximum Gasteiger partial charge on any atom is 0.0451 e. The van der Waals surface area contributed by atoms with E-state index in [2.05, 4.69) is 69.9 Å². The average molecular weight is 359 g/mol. The maximum absolute atomic E-state index is 8.33. The van der Waals surface area contributed by atoms with Crippen molar-refractivity contribution in [2.45, 2.75) is 52.4 Å². The highest BCUT2D eigenvalue weighted by Gasteiger charge is 2.36. The quantitative estimate of drug-likeness (QED) is 0.467. The summed E-state index contributed by atoms with van der Waals surface area (Å²) in [7, 11) is 0. The van der Waals surface area contributed by atoms with Crippen LogP contribution in [-0.4, -0.2) is 5.54 Å². The number of para-hydroxylation sites is 1. The van der Waals surface area contributed by atoms with Crippen LogP contribution in [0.2, 0.25) is 0 Å². The van der Waals surface area contributed by atoms with Crippen LogP contribution in [0.25, 0.3) is 11.1 Å². The van der Waals surface area contributed by atoms with Gasteiger partial charge >= 0.3 is 0 Å². The van der Waals surface area contributed by atoms with E-state index in [4.69, 9.17) is 4.11 Å². The molecule has 0 aromatic heterocycles. The fraction of sp³-hybridized carbons (Fsp3) is 0.308. The molecule has 1 heteroatoms. The van der Waals surface area contributed by atoms with Crippen LogP contribution in [0, 0.1) is 6.85 Å². The molecule has 1 aliphatic rings. The number of aryl methyl sites for hydroxylation is 1. The van der Waals surface area contributed by atoms with E-state index in [0.29, 0.717) is 5.56 Å². The lowest BCUT2D eigenvalue weighted by molar-refractivity contribution is 0.559. The first-order chi connectivity index (χ1) is 13.9. The molecule has 0 amide bonds. The Hall–Kier alpha value is -2.54. The van der Waals surface area contributed by atoms with Crippen LogP contribution >= 0.6 is 0 Å². The molecule has 27 heavy (non-hydrogen) atoms. The molecule has 1 aliphatic carbocycles. The van der Waals surface area contributed by atoms with Crippen molar-refractivity contribution in [2.24, 2.45) is 0 Å². The minimum absolute atomic E-state index is 0.232. The average Bonchev–Trinajstić information content (AvgIpc) is 2.88. The van der Waals surface area contributed by atoms with Gasteiger partial charge in [-0.1, -0.05) is 62.4 Å². The van der Waals surface area contributed by atoms with Crippen molar-refractivity contribution >= 4 is 11.4 Å². The first kappa shape index (κ1) is 14.5. The number of rotatable bonds is 2. The van der Waals surface area contributed by atoms with Crippen LogP contribution in [0.15, 0.2) is 66.7 Å². The molecular formula is C26H29N. The third-order valence-electron chi connectivity index (χ3n) is 5.63. The van der Waals surface area contributed by atoms with E-state index in [9.17, 15) is 0 Å². The topological polar surface area (TPSA) is 3.24 Å². The Morgan fingerprint density at radius 3 is 2.15 bits per heavy atom. The fourth-order valence-corrected chi connectivity index (χ4v) is 4.39. The summed E-state index contributed by atoms with van der Waals surface area (Å²) in [6.07, 6.45) is 0. The molecule has 0 atom stereocenters. The molecule has 0 spiro atoms. The van der Waals surface area contributed by atoms with Gasteiger partial charge in [-0.3, -0.25) is 0 Å². The monoisotopic (exact) mass is 358 g/mol. The van der Waals surface area contributed by atoms with Crippen LogP contribution in [0.4, 0.5) is 11.4 Å². The maximum atomic E-state index is 8.33. The molecule has 0 saturated heterocycles. The van der Waals surface area contributed by atoms with Crippen molar-refractivity contribution < 1.29 is 4.11 Å². The van der Waals surface area contributed by atoms with E-state index in [1.165, 1.54) is 11.1 Å². The van der Waals surface area contributed by atoms with Gasteiger partial charge in [0.25, 0.3) is 0 Å². The second-order valence-corrected chi connectivity index (χ2v) is 8.93. The molecule has 4 rings (SSSR count). The standard InChI is InChI=1S/C26H29N/c1-18-16-23-21(20-14-10-11-15-22(20)26(23,5)6)17-24(18)27(25(2,3)4)19-12-8-7-9-13-19/h7-17H,1-6H3/i1D3. The van der Waals surface area contributed by atoms with E-state index >= 15 is 0 Å². The van der Waals surface area contributed by atoms with E-state index in [1.807, 2.05) is 36.4 Å². The van der Waals surface area contributed by atoms with Crippen molar-refractivity contribution in [1.29, 1.82) is 0 Å². The molecule has 138 valence electrons. The lowest BCUT2D eigenvalue weighted by atomic mass is 9.82. The molecule has 0 radical (unpaired) electrons. The van der Waals surface area contributed by atoms with Gasteiger partial charge in [0.2, 0.25) is 0 Å². The highest BCUT2D eigenvalue weighted by molar-refractivity contribution is 5.85. The molecule has 3 aromatic rings. The Labute approximate surface area is 167 Å². The smallest absolute Gasteiger partial charge is 0.0451 e. The Kier molecular flexibility index (Phi) is 3.22. The Bertz CT molecular complexity index is 1090. The number of fused-ring (bicyclic) bond motifs is 3. The van der Waals surface area contributed by atoms with Crippen LogP contribution < -0.4 is 4.90 Å². The molecule has 0 heterocycles. The van der Waals surface area contributed by atoms with Gasteiger partial charge < -0.3 is 4.90 Å². The predicted molar refractivity (Wildman–Crippen MR) is 117 cm³/mol. The third-order valence-corrected chi connectivity index (χ3v) is 5.63. The summed E-state index contributed by atoms with van der Waals surface area (Å²) in [4.78, 5) is 2.16. The van der Waals surface area contributed by atoms with Crippen LogP contribution in [0.1, 0.15) is 55.4 Å². The number of hydrogen-bond acceptors (Lipinski definition) is 1. The zero-order valence-corrected chi connectivity index (χ0v) is 16.8. The third kappa shape index (κ3) is 2.77. The second kappa shape index (κ2) is 5.99. The van der Waals surface area contributed by atoms with E-state index < -0.39 is 6.85 Å². The fourth-order valence-electron chi connectivity index (χ4n) is 4.39. The minimum atomic E-state index is -2.21. The molecular weight excluding hydrogens is 326 g/mol. The van der Waals surface area contributed by atoms with Gasteiger partial charge in [-0.25, -0.2) is 0 Å². The SMILES string of the molecule is [2H]C([2H])([2H])c1cc2c(cc1N(c1ccccc1)C(C)(C)C)-c1ccccc1C2(C)C. The molecule has 1 nitrogen and oxygen atoms in total. The van der Waals surface area contributed by atoms with Crippen molar-refractivity contribution in [3.8, 4) is 11.1 Å². The summed E-state index contributed by atoms with van der Waals surface area (Å²) in [6.45, 7) is 8.50. The zero-order chi connectivity index (χ0) is 21.9. The predicted octanol–water partition coefficient (Wildman–Crippen LogP) is 7.24. The van der Waals surface area contributed by atoms with Crippen LogP contribution in [-0.2, 0) is 5.41 Å². The van der Waals surface area contributed by atoms with E-state index in [0.717, 1.165) is 22.5 Å². The van der Waals surface area contributed by atoms with Gasteiger partial charge in [0.05, 0.1) is 0 Å². The first-order valence-corrected chi connectivity index (χ1v) is 9.56. The molecule has 3 aromatic carbocycles. The number of anilines is 2. The van der Waals surface area contributed by atoms with Gasteiger partial charge in [-0.15, -0.1) is 0 Å². The highest BCUT2D eigenvalue weighted by Crippen LogP contribution is 2.51. The number of hydrogen-bond donors (Lipinski definition) is 0. The molecule has 0 saturated carbocycles. The second-order valence-electron chi connectivity index (χ2n) is 8.93. The number of nitrogens with zero attached hydrogens (tertiary/aromatic N) is 1. The van der Waals surface area contributed by atoms with Crippen molar-refractivity contribution in [1.82, 2.24) is 0 Å². The molecule has 0 N–H and O–H groups in total. The van der Waals surface area contributed by atoms with Gasteiger partial charge in [-0.05, 0) is 73.6 Å². The summed E-state index contributed by atoms with van der Waals surface area (Å²) in [5.41, 5.74) is 6.26. The van der Waals surface area contributed by atoms with Crippen LogP contribution in [0.5, 0.6) is 0 Å². The summed E-state index contributed by atoms with van der Waals surface area (Å²) < 4.78 is 25.0. The summed E-state index contributed by atoms with van der Waals surface area (Å²) >= 11 is 0. The molecule has 0 unspecified atom stereocenters.